The fraction of sp³-hybridized carbons (Fsp3) is 0.591. The molecule has 1 aliphatic heterocycles. The smallest absolute Gasteiger partial charge is 0.368 e. The highest BCUT2D eigenvalue weighted by Crippen LogP contribution is 2.33. The third-order valence-electron chi connectivity index (χ3n) is 6.24. The minimum atomic E-state index is -4.44. The summed E-state index contributed by atoms with van der Waals surface area (Å²) >= 11 is 0. The second-order valence-electron chi connectivity index (χ2n) is 8.35. The molecule has 1 N–H and O–H groups in total. The summed E-state index contributed by atoms with van der Waals surface area (Å²) in [7, 11) is 0. The van der Waals surface area contributed by atoms with E-state index in [4.69, 9.17) is 0 Å². The number of fused-ring (bicyclic) bond motifs is 1. The highest BCUT2D eigenvalue weighted by Gasteiger charge is 2.34. The summed E-state index contributed by atoms with van der Waals surface area (Å²) in [6.45, 7) is 2.37. The predicted octanol–water partition coefficient (Wildman–Crippen LogP) is 3.50. The summed E-state index contributed by atoms with van der Waals surface area (Å²) in [4.78, 5) is 18.6. The van der Waals surface area contributed by atoms with Gasteiger partial charge in [-0.15, -0.1) is 0 Å². The van der Waals surface area contributed by atoms with Crippen molar-refractivity contribution in [2.75, 3.05) is 25.0 Å². The second kappa shape index (κ2) is 9.38. The molecule has 168 valence electrons. The van der Waals surface area contributed by atoms with Crippen LogP contribution in [0.4, 0.5) is 19.0 Å². The van der Waals surface area contributed by atoms with Gasteiger partial charge in [0.15, 0.2) is 0 Å². The van der Waals surface area contributed by atoms with Crippen LogP contribution < -0.4 is 10.9 Å². The van der Waals surface area contributed by atoms with Gasteiger partial charge in [-0.05, 0) is 62.8 Å². The lowest BCUT2D eigenvalue weighted by Gasteiger charge is -2.36. The molecule has 4 rings (SSSR count). The van der Waals surface area contributed by atoms with E-state index in [1.165, 1.54) is 12.3 Å². The lowest BCUT2D eigenvalue weighted by molar-refractivity contribution is -0.137. The molecule has 0 amide bonds. The van der Waals surface area contributed by atoms with Crippen molar-refractivity contribution in [2.45, 2.75) is 63.7 Å². The fourth-order valence-corrected chi connectivity index (χ4v) is 4.56. The lowest BCUT2D eigenvalue weighted by atomic mass is 9.97. The predicted molar refractivity (Wildman–Crippen MR) is 112 cm³/mol. The van der Waals surface area contributed by atoms with Crippen LogP contribution in [-0.2, 0) is 25.6 Å². The van der Waals surface area contributed by atoms with Crippen molar-refractivity contribution in [3.8, 4) is 0 Å². The molecular weight excluding hydrogens is 407 g/mol. The Bertz CT molecular complexity index is 959. The highest BCUT2D eigenvalue weighted by molar-refractivity contribution is 5.45. The summed E-state index contributed by atoms with van der Waals surface area (Å²) < 4.78 is 41.2. The van der Waals surface area contributed by atoms with E-state index in [9.17, 15) is 18.0 Å². The van der Waals surface area contributed by atoms with Crippen molar-refractivity contribution >= 4 is 5.82 Å². The third kappa shape index (κ3) is 5.26. The quantitative estimate of drug-likeness (QED) is 0.753. The van der Waals surface area contributed by atoms with Crippen molar-refractivity contribution in [1.82, 2.24) is 19.7 Å². The number of aryl methyl sites for hydroxylation is 2. The van der Waals surface area contributed by atoms with Crippen LogP contribution in [0.1, 0.15) is 48.9 Å². The SMILES string of the molecule is O=c1cc2c(nn1CCN1CCCCC1CNc1ncccc1C(F)(F)F)CCCC2. The summed E-state index contributed by atoms with van der Waals surface area (Å²) in [5.41, 5.74) is 1.28. The minimum absolute atomic E-state index is 0.0735. The lowest BCUT2D eigenvalue weighted by Crippen LogP contribution is -2.46. The van der Waals surface area contributed by atoms with Gasteiger partial charge in [-0.2, -0.15) is 18.3 Å². The molecule has 9 heteroatoms. The first kappa shape index (κ1) is 21.8. The number of hydrogen-bond acceptors (Lipinski definition) is 5. The second-order valence-corrected chi connectivity index (χ2v) is 8.35. The Morgan fingerprint density at radius 2 is 1.97 bits per heavy atom. The molecule has 1 unspecified atom stereocenters. The number of piperidine rings is 1. The molecule has 1 fully saturated rings. The summed E-state index contributed by atoms with van der Waals surface area (Å²) in [6, 6.07) is 4.15. The van der Waals surface area contributed by atoms with Gasteiger partial charge < -0.3 is 5.32 Å². The Morgan fingerprint density at radius 3 is 2.81 bits per heavy atom. The number of aromatic nitrogens is 3. The molecule has 0 bridgehead atoms. The van der Waals surface area contributed by atoms with Crippen LogP contribution in [0.3, 0.4) is 0 Å². The first-order chi connectivity index (χ1) is 14.9. The van der Waals surface area contributed by atoms with E-state index in [1.54, 1.807) is 10.7 Å². The van der Waals surface area contributed by atoms with Crippen LogP contribution in [-0.4, -0.2) is 45.3 Å². The van der Waals surface area contributed by atoms with Gasteiger partial charge in [-0.25, -0.2) is 9.67 Å². The molecule has 2 aromatic rings. The largest absolute Gasteiger partial charge is 0.419 e. The van der Waals surface area contributed by atoms with Gasteiger partial charge in [0, 0.05) is 31.4 Å². The standard InChI is InChI=1S/C22H28F3N5O/c23-22(24,25)18-8-5-10-26-21(18)27-15-17-7-3-4-11-29(17)12-13-30-20(31)14-16-6-1-2-9-19(16)28-30/h5,8,10,14,17H,1-4,6-7,9,11-13,15H2,(H,26,27). The van der Waals surface area contributed by atoms with Gasteiger partial charge in [0.05, 0.1) is 17.8 Å². The van der Waals surface area contributed by atoms with E-state index in [-0.39, 0.29) is 17.4 Å². The first-order valence-electron chi connectivity index (χ1n) is 11.0. The zero-order valence-electron chi connectivity index (χ0n) is 17.5. The zero-order valence-corrected chi connectivity index (χ0v) is 17.5. The van der Waals surface area contributed by atoms with Gasteiger partial charge in [0.2, 0.25) is 0 Å². The number of likely N-dealkylation sites (tertiary alicyclic amines) is 1. The monoisotopic (exact) mass is 435 g/mol. The van der Waals surface area contributed by atoms with Gasteiger partial charge >= 0.3 is 6.18 Å². The molecule has 1 saturated heterocycles. The van der Waals surface area contributed by atoms with Crippen LogP contribution in [0.15, 0.2) is 29.2 Å². The Labute approximate surface area is 179 Å². The first-order valence-corrected chi connectivity index (χ1v) is 11.0. The van der Waals surface area contributed by atoms with Crippen LogP contribution in [0, 0.1) is 0 Å². The number of nitrogens with zero attached hydrogens (tertiary/aromatic N) is 4. The Morgan fingerprint density at radius 1 is 1.13 bits per heavy atom. The number of nitrogens with one attached hydrogen (secondary N) is 1. The van der Waals surface area contributed by atoms with E-state index in [0.29, 0.717) is 19.6 Å². The molecular formula is C22H28F3N5O. The fourth-order valence-electron chi connectivity index (χ4n) is 4.56. The molecule has 0 saturated carbocycles. The van der Waals surface area contributed by atoms with E-state index >= 15 is 0 Å². The van der Waals surface area contributed by atoms with Gasteiger partial charge in [0.1, 0.15) is 5.82 Å². The molecule has 0 radical (unpaired) electrons. The average Bonchev–Trinajstić information content (AvgIpc) is 2.76. The molecule has 3 heterocycles. The Hall–Kier alpha value is -2.42. The van der Waals surface area contributed by atoms with Crippen LogP contribution in [0.25, 0.3) is 0 Å². The number of anilines is 1. The summed E-state index contributed by atoms with van der Waals surface area (Å²) in [5.74, 6) is -0.131. The van der Waals surface area contributed by atoms with E-state index in [2.05, 4.69) is 20.3 Å². The molecule has 1 aliphatic carbocycles. The number of hydrogen-bond donors (Lipinski definition) is 1. The van der Waals surface area contributed by atoms with Crippen LogP contribution in [0.2, 0.25) is 0 Å². The van der Waals surface area contributed by atoms with Gasteiger partial charge in [0.25, 0.3) is 5.56 Å². The van der Waals surface area contributed by atoms with Crippen LogP contribution >= 0.6 is 0 Å². The van der Waals surface area contributed by atoms with Crippen LogP contribution in [0.5, 0.6) is 0 Å². The maximum Gasteiger partial charge on any atom is 0.419 e. The highest BCUT2D eigenvalue weighted by atomic mass is 19.4. The van der Waals surface area contributed by atoms with Crippen molar-refractivity contribution in [3.05, 3.63) is 51.6 Å². The van der Waals surface area contributed by atoms with Crippen molar-refractivity contribution in [2.24, 2.45) is 0 Å². The van der Waals surface area contributed by atoms with E-state index in [0.717, 1.165) is 68.8 Å². The molecule has 2 aromatic heterocycles. The van der Waals surface area contributed by atoms with Crippen molar-refractivity contribution in [1.29, 1.82) is 0 Å². The number of alkyl halides is 3. The molecule has 0 spiro atoms. The van der Waals surface area contributed by atoms with Gasteiger partial charge in [-0.1, -0.05) is 6.42 Å². The molecule has 1 atom stereocenters. The number of rotatable bonds is 6. The average molecular weight is 435 g/mol. The number of halogens is 3. The van der Waals surface area contributed by atoms with E-state index < -0.39 is 11.7 Å². The maximum atomic E-state index is 13.2. The zero-order chi connectivity index (χ0) is 21.8. The van der Waals surface area contributed by atoms with E-state index in [1.807, 2.05) is 0 Å². The molecule has 6 nitrogen and oxygen atoms in total. The molecule has 31 heavy (non-hydrogen) atoms. The van der Waals surface area contributed by atoms with Crippen molar-refractivity contribution < 1.29 is 13.2 Å². The molecule has 2 aliphatic rings. The summed E-state index contributed by atoms with van der Waals surface area (Å²) in [5, 5.41) is 7.49. The summed E-state index contributed by atoms with van der Waals surface area (Å²) in [6.07, 6.45) is 3.94. The Balaban J connectivity index is 1.40. The van der Waals surface area contributed by atoms with Crippen molar-refractivity contribution in [3.63, 3.8) is 0 Å². The molecule has 0 aromatic carbocycles. The Kier molecular flexibility index (Phi) is 6.60. The minimum Gasteiger partial charge on any atom is -0.368 e. The topological polar surface area (TPSA) is 63.1 Å². The maximum absolute atomic E-state index is 13.2. The number of pyridine rings is 1. The van der Waals surface area contributed by atoms with Gasteiger partial charge in [-0.3, -0.25) is 9.69 Å². The third-order valence-corrected chi connectivity index (χ3v) is 6.24. The normalized spacial score (nSPS) is 19.8.